The number of piperazine rings is 1. The van der Waals surface area contributed by atoms with Gasteiger partial charge in [-0.2, -0.15) is 4.31 Å². The zero-order valence-electron chi connectivity index (χ0n) is 19.3. The van der Waals surface area contributed by atoms with Crippen LogP contribution in [0.3, 0.4) is 0 Å². The van der Waals surface area contributed by atoms with Crippen LogP contribution in [0, 0.1) is 17.0 Å². The van der Waals surface area contributed by atoms with Crippen LogP contribution in [0.15, 0.2) is 34.7 Å². The maximum absolute atomic E-state index is 13.0. The van der Waals surface area contributed by atoms with Gasteiger partial charge < -0.3 is 5.32 Å². The number of sulfonamides is 1. The third kappa shape index (κ3) is 6.84. The highest BCUT2D eigenvalue weighted by Crippen LogP contribution is 2.25. The molecule has 1 aliphatic heterocycles. The van der Waals surface area contributed by atoms with E-state index in [4.69, 9.17) is 0 Å². The Morgan fingerprint density at radius 1 is 1.15 bits per heavy atom. The van der Waals surface area contributed by atoms with Gasteiger partial charge in [-0.05, 0) is 44.6 Å². The lowest BCUT2D eigenvalue weighted by Gasteiger charge is -2.33. The van der Waals surface area contributed by atoms with Crippen molar-refractivity contribution in [2.24, 2.45) is 0 Å². The SMILES string of the molecule is Cc1ccc([N+](=O)[O-])cc1S(=O)(=O)N1CCN(CC(=O)NC(=O)NCCC2=CCCCC2)CC1. The minimum absolute atomic E-state index is 0.0255. The van der Waals surface area contributed by atoms with E-state index in [0.717, 1.165) is 25.3 Å². The summed E-state index contributed by atoms with van der Waals surface area (Å²) in [5.41, 5.74) is 1.48. The predicted molar refractivity (Wildman–Crippen MR) is 126 cm³/mol. The number of benzene rings is 1. The largest absolute Gasteiger partial charge is 0.337 e. The molecule has 0 bridgehead atoms. The number of carbonyl (C=O) groups excluding carboxylic acids is 2. The smallest absolute Gasteiger partial charge is 0.321 e. The number of hydrogen-bond donors (Lipinski definition) is 2. The van der Waals surface area contributed by atoms with Gasteiger partial charge in [0.05, 0.1) is 16.4 Å². The fraction of sp³-hybridized carbons (Fsp3) is 0.545. The number of urea groups is 1. The molecule has 186 valence electrons. The van der Waals surface area contributed by atoms with E-state index in [1.54, 1.807) is 11.8 Å². The summed E-state index contributed by atoms with van der Waals surface area (Å²) >= 11 is 0. The average Bonchev–Trinajstić information content (AvgIpc) is 2.80. The van der Waals surface area contributed by atoms with Crippen molar-refractivity contribution in [3.05, 3.63) is 45.5 Å². The van der Waals surface area contributed by atoms with Crippen molar-refractivity contribution in [2.75, 3.05) is 39.3 Å². The molecule has 34 heavy (non-hydrogen) atoms. The molecule has 2 aliphatic rings. The highest BCUT2D eigenvalue weighted by atomic mass is 32.2. The molecule has 1 fully saturated rings. The summed E-state index contributed by atoms with van der Waals surface area (Å²) in [5, 5.41) is 16.0. The number of nitro groups is 1. The summed E-state index contributed by atoms with van der Waals surface area (Å²) < 4.78 is 27.3. The number of nitro benzene ring substituents is 1. The van der Waals surface area contributed by atoms with Crippen molar-refractivity contribution in [1.29, 1.82) is 0 Å². The number of amides is 3. The van der Waals surface area contributed by atoms with E-state index in [0.29, 0.717) is 25.2 Å². The molecule has 11 nitrogen and oxygen atoms in total. The van der Waals surface area contributed by atoms with Gasteiger partial charge in [0.15, 0.2) is 0 Å². The Bertz CT molecular complexity index is 1060. The number of imide groups is 1. The van der Waals surface area contributed by atoms with Gasteiger partial charge in [-0.1, -0.05) is 17.7 Å². The number of aryl methyl sites for hydroxylation is 1. The lowest BCUT2D eigenvalue weighted by Crippen LogP contribution is -2.52. The van der Waals surface area contributed by atoms with Crippen LogP contribution < -0.4 is 10.6 Å². The number of rotatable bonds is 8. The maximum Gasteiger partial charge on any atom is 0.321 e. The first kappa shape index (κ1) is 25.8. The second-order valence-corrected chi connectivity index (χ2v) is 10.5. The molecule has 0 aromatic heterocycles. The Hall–Kier alpha value is -2.83. The molecule has 0 unspecified atom stereocenters. The Kier molecular flexibility index (Phi) is 8.75. The Morgan fingerprint density at radius 2 is 1.88 bits per heavy atom. The van der Waals surface area contributed by atoms with Crippen molar-refractivity contribution < 1.29 is 22.9 Å². The molecule has 2 N–H and O–H groups in total. The minimum Gasteiger partial charge on any atom is -0.337 e. The molecule has 1 aromatic carbocycles. The van der Waals surface area contributed by atoms with Gasteiger partial charge in [-0.15, -0.1) is 0 Å². The molecule has 1 aliphatic carbocycles. The van der Waals surface area contributed by atoms with Crippen LogP contribution in [0.5, 0.6) is 0 Å². The highest BCUT2D eigenvalue weighted by Gasteiger charge is 2.31. The molecule has 0 radical (unpaired) electrons. The summed E-state index contributed by atoms with van der Waals surface area (Å²) in [7, 11) is -3.91. The summed E-state index contributed by atoms with van der Waals surface area (Å²) in [6.45, 7) is 2.92. The van der Waals surface area contributed by atoms with Crippen LogP contribution in [-0.2, 0) is 14.8 Å². The van der Waals surface area contributed by atoms with Gasteiger partial charge in [0, 0.05) is 44.9 Å². The monoisotopic (exact) mass is 493 g/mol. The second-order valence-electron chi connectivity index (χ2n) is 8.55. The quantitative estimate of drug-likeness (QED) is 0.320. The molecule has 1 saturated heterocycles. The van der Waals surface area contributed by atoms with Gasteiger partial charge in [0.2, 0.25) is 15.9 Å². The molecule has 12 heteroatoms. The normalized spacial score (nSPS) is 17.6. The first-order valence-corrected chi connectivity index (χ1v) is 12.8. The average molecular weight is 494 g/mol. The van der Waals surface area contributed by atoms with Crippen molar-refractivity contribution in [2.45, 2.75) is 43.9 Å². The number of hydrogen-bond acceptors (Lipinski definition) is 7. The predicted octanol–water partition coefficient (Wildman–Crippen LogP) is 1.93. The lowest BCUT2D eigenvalue weighted by atomic mass is 9.97. The molecular weight excluding hydrogens is 462 g/mol. The third-order valence-electron chi connectivity index (χ3n) is 6.07. The van der Waals surface area contributed by atoms with Crippen LogP contribution in [0.25, 0.3) is 0 Å². The van der Waals surface area contributed by atoms with Crippen molar-refractivity contribution >= 4 is 27.6 Å². The van der Waals surface area contributed by atoms with E-state index in [2.05, 4.69) is 16.7 Å². The number of allylic oxidation sites excluding steroid dienone is 1. The lowest BCUT2D eigenvalue weighted by molar-refractivity contribution is -0.385. The van der Waals surface area contributed by atoms with Crippen LogP contribution in [0.2, 0.25) is 0 Å². The summed E-state index contributed by atoms with van der Waals surface area (Å²) in [5.74, 6) is -0.458. The summed E-state index contributed by atoms with van der Waals surface area (Å²) in [4.78, 5) is 36.3. The molecule has 1 heterocycles. The van der Waals surface area contributed by atoms with Crippen molar-refractivity contribution in [1.82, 2.24) is 19.8 Å². The van der Waals surface area contributed by atoms with Gasteiger partial charge in [0.25, 0.3) is 5.69 Å². The first-order chi connectivity index (χ1) is 16.2. The van der Waals surface area contributed by atoms with E-state index < -0.39 is 26.9 Å². The second kappa shape index (κ2) is 11.5. The van der Waals surface area contributed by atoms with E-state index in [9.17, 15) is 28.1 Å². The Morgan fingerprint density at radius 3 is 2.53 bits per heavy atom. The highest BCUT2D eigenvalue weighted by molar-refractivity contribution is 7.89. The van der Waals surface area contributed by atoms with Gasteiger partial charge in [0.1, 0.15) is 0 Å². The molecule has 0 saturated carbocycles. The summed E-state index contributed by atoms with van der Waals surface area (Å²) in [6, 6.07) is 3.23. The van der Waals surface area contributed by atoms with Gasteiger partial charge in [-0.3, -0.25) is 25.1 Å². The molecule has 3 rings (SSSR count). The number of nitrogens with zero attached hydrogens (tertiary/aromatic N) is 3. The molecule has 3 amide bonds. The summed E-state index contributed by atoms with van der Waals surface area (Å²) in [6.07, 6.45) is 7.52. The first-order valence-electron chi connectivity index (χ1n) is 11.4. The van der Waals surface area contributed by atoms with Crippen LogP contribution in [0.4, 0.5) is 10.5 Å². The number of nitrogens with one attached hydrogen (secondary N) is 2. The number of non-ortho nitro benzene ring substituents is 1. The third-order valence-corrected chi connectivity index (χ3v) is 8.11. The zero-order chi connectivity index (χ0) is 24.7. The van der Waals surface area contributed by atoms with E-state index in [-0.39, 0.29) is 30.2 Å². The maximum atomic E-state index is 13.0. The zero-order valence-corrected chi connectivity index (χ0v) is 20.1. The van der Waals surface area contributed by atoms with Gasteiger partial charge >= 0.3 is 6.03 Å². The van der Waals surface area contributed by atoms with Crippen molar-refractivity contribution in [3.8, 4) is 0 Å². The van der Waals surface area contributed by atoms with Crippen LogP contribution in [0.1, 0.15) is 37.7 Å². The fourth-order valence-corrected chi connectivity index (χ4v) is 5.80. The molecule has 0 atom stereocenters. The standard InChI is InChI=1S/C22H31N5O6S/c1-17-7-8-19(27(30)31)15-20(17)34(32,33)26-13-11-25(12-14-26)16-21(28)24-22(29)23-10-9-18-5-3-2-4-6-18/h5,7-8,15H,2-4,6,9-14,16H2,1H3,(H2,23,24,28,29). The Balaban J connectivity index is 1.45. The molecule has 1 aromatic rings. The molecular formula is C22H31N5O6S. The van der Waals surface area contributed by atoms with E-state index in [1.807, 2.05) is 0 Å². The van der Waals surface area contributed by atoms with E-state index >= 15 is 0 Å². The van der Waals surface area contributed by atoms with Crippen LogP contribution >= 0.6 is 0 Å². The Labute approximate surface area is 199 Å². The van der Waals surface area contributed by atoms with Crippen LogP contribution in [-0.4, -0.2) is 73.8 Å². The topological polar surface area (TPSA) is 142 Å². The van der Waals surface area contributed by atoms with Gasteiger partial charge in [-0.25, -0.2) is 13.2 Å². The number of carbonyl (C=O) groups is 2. The fourth-order valence-electron chi connectivity index (χ4n) is 4.13. The van der Waals surface area contributed by atoms with E-state index in [1.165, 1.54) is 34.9 Å². The molecule has 0 spiro atoms. The van der Waals surface area contributed by atoms with Crippen molar-refractivity contribution in [3.63, 3.8) is 0 Å². The minimum atomic E-state index is -3.91.